The maximum Gasteiger partial charge on any atom is 0.416 e. The van der Waals surface area contributed by atoms with E-state index < -0.39 is 17.6 Å². The molecule has 0 radical (unpaired) electrons. The zero-order chi connectivity index (χ0) is 32.0. The molecule has 2 atom stereocenters. The Morgan fingerprint density at radius 1 is 1.04 bits per heavy atom. The van der Waals surface area contributed by atoms with Crippen LogP contribution in [0.2, 0.25) is 0 Å². The van der Waals surface area contributed by atoms with Crippen LogP contribution in [0.15, 0.2) is 54.9 Å². The molecule has 6 N–H and O–H groups in total. The van der Waals surface area contributed by atoms with Crippen LogP contribution in [0.3, 0.4) is 0 Å². The van der Waals surface area contributed by atoms with Crippen molar-refractivity contribution in [1.29, 1.82) is 5.41 Å². The van der Waals surface area contributed by atoms with Crippen LogP contribution in [0.5, 0.6) is 0 Å². The summed E-state index contributed by atoms with van der Waals surface area (Å²) in [6.45, 7) is 0.792. The third-order valence-electron chi connectivity index (χ3n) is 7.74. The molecule has 1 aliphatic heterocycles. The predicted molar refractivity (Wildman–Crippen MR) is 165 cm³/mol. The molecule has 0 saturated heterocycles. The molecular weight excluding hydrogens is 587 g/mol. The van der Waals surface area contributed by atoms with Gasteiger partial charge in [0.05, 0.1) is 29.1 Å². The lowest BCUT2D eigenvalue weighted by molar-refractivity contribution is -0.137. The van der Waals surface area contributed by atoms with E-state index in [4.69, 9.17) is 15.9 Å². The second-order valence-corrected chi connectivity index (χ2v) is 11.0. The van der Waals surface area contributed by atoms with Gasteiger partial charge in [-0.1, -0.05) is 24.3 Å². The number of anilines is 3. The van der Waals surface area contributed by atoms with Gasteiger partial charge < -0.3 is 26.4 Å². The number of nitrogens with two attached hydrogens (primary N) is 1. The van der Waals surface area contributed by atoms with Gasteiger partial charge in [-0.05, 0) is 56.4 Å². The van der Waals surface area contributed by atoms with Crippen molar-refractivity contribution in [3.8, 4) is 0 Å². The number of alkyl halides is 3. The van der Waals surface area contributed by atoms with Crippen molar-refractivity contribution in [1.82, 2.24) is 15.3 Å². The lowest BCUT2D eigenvalue weighted by Crippen LogP contribution is -2.42. The van der Waals surface area contributed by atoms with Crippen molar-refractivity contribution in [3.63, 3.8) is 0 Å². The Hall–Kier alpha value is -4.78. The third kappa shape index (κ3) is 8.04. The van der Waals surface area contributed by atoms with E-state index in [1.54, 1.807) is 18.3 Å². The molecule has 0 spiro atoms. The standard InChI is InChI=1S/C32H34F3N7O3/c33-32(34,35)22-12-13-38-25(16-22)42-31(44)20-10-8-19(9-11-20)28(36)27-29-21(18-39-30(27)37)4-2-14-45-15-3-7-26(43)40-23-5-1-6-24(17-23)41-29/h2,4,8-13,16,18,23-24,36,41H,1,3,5-7,14-15,17H2,(H2,37,39)(H,40,43)(H,38,42,44)/t23-,24-/m1/s1. The largest absolute Gasteiger partial charge is 0.416 e. The fourth-order valence-electron chi connectivity index (χ4n) is 5.49. The van der Waals surface area contributed by atoms with Gasteiger partial charge in [-0.25, -0.2) is 9.97 Å². The Labute approximate surface area is 258 Å². The van der Waals surface area contributed by atoms with Crippen LogP contribution in [0.4, 0.5) is 30.5 Å². The smallest absolute Gasteiger partial charge is 0.383 e. The van der Waals surface area contributed by atoms with E-state index in [0.717, 1.165) is 43.2 Å². The molecule has 236 valence electrons. The number of benzene rings is 1. The molecule has 3 aromatic rings. The summed E-state index contributed by atoms with van der Waals surface area (Å²) < 4.78 is 44.8. The van der Waals surface area contributed by atoms with Gasteiger partial charge in [-0.3, -0.25) is 15.0 Å². The number of halogens is 3. The molecule has 0 unspecified atom stereocenters. The van der Waals surface area contributed by atoms with Crippen molar-refractivity contribution in [2.24, 2.45) is 0 Å². The molecule has 13 heteroatoms. The SMILES string of the molecule is N=C(c1ccc(C(=O)Nc2cc(C(F)(F)F)ccn2)cc1)c1c(N)ncc2c1N[C@@H]1CCC[C@H](C1)NC(=O)CCCOCC=C2. The number of hydrogen-bond acceptors (Lipinski definition) is 8. The number of ether oxygens (including phenoxy) is 1. The summed E-state index contributed by atoms with van der Waals surface area (Å²) in [6, 6.07) is 7.71. The Kier molecular flexibility index (Phi) is 9.77. The van der Waals surface area contributed by atoms with Crippen molar-refractivity contribution >= 4 is 40.9 Å². The highest BCUT2D eigenvalue weighted by molar-refractivity contribution is 6.17. The number of nitrogens with one attached hydrogen (secondary N) is 4. The first kappa shape index (κ1) is 31.6. The predicted octanol–water partition coefficient (Wildman–Crippen LogP) is 5.41. The topological polar surface area (TPSA) is 155 Å². The summed E-state index contributed by atoms with van der Waals surface area (Å²) in [5.41, 5.74) is 7.87. The summed E-state index contributed by atoms with van der Waals surface area (Å²) >= 11 is 0. The van der Waals surface area contributed by atoms with Gasteiger partial charge >= 0.3 is 6.18 Å². The Morgan fingerprint density at radius 2 is 1.78 bits per heavy atom. The van der Waals surface area contributed by atoms with Gasteiger partial charge in [-0.15, -0.1) is 0 Å². The van der Waals surface area contributed by atoms with Crippen LogP contribution in [-0.4, -0.2) is 52.8 Å². The van der Waals surface area contributed by atoms with Crippen molar-refractivity contribution < 1.29 is 27.5 Å². The molecule has 1 aromatic carbocycles. The number of nitrogen functional groups attached to an aromatic ring is 1. The Morgan fingerprint density at radius 3 is 2.53 bits per heavy atom. The van der Waals surface area contributed by atoms with Gasteiger partial charge in [0.15, 0.2) is 0 Å². The van der Waals surface area contributed by atoms with E-state index >= 15 is 0 Å². The molecule has 2 bridgehead atoms. The molecule has 1 saturated carbocycles. The van der Waals surface area contributed by atoms with Gasteiger partial charge in [0.25, 0.3) is 5.91 Å². The monoisotopic (exact) mass is 621 g/mol. The molecule has 2 amide bonds. The molecular formula is C32H34F3N7O3. The van der Waals surface area contributed by atoms with Crippen molar-refractivity contribution in [3.05, 3.63) is 82.7 Å². The minimum absolute atomic E-state index is 0.00851. The van der Waals surface area contributed by atoms with Crippen molar-refractivity contribution in [2.75, 3.05) is 29.6 Å². The van der Waals surface area contributed by atoms with E-state index in [9.17, 15) is 22.8 Å². The summed E-state index contributed by atoms with van der Waals surface area (Å²) in [5, 5.41) is 18.2. The first-order chi connectivity index (χ1) is 21.6. The first-order valence-electron chi connectivity index (χ1n) is 14.7. The maximum atomic E-state index is 13.1. The Balaban J connectivity index is 1.40. The average Bonchev–Trinajstić information content (AvgIpc) is 3.01. The number of aromatic nitrogens is 2. The number of pyridine rings is 2. The van der Waals surface area contributed by atoms with Gasteiger partial charge in [0, 0.05) is 54.2 Å². The zero-order valence-electron chi connectivity index (χ0n) is 24.4. The number of carbonyl (C=O) groups excluding carboxylic acids is 2. The third-order valence-corrected chi connectivity index (χ3v) is 7.74. The fourth-order valence-corrected chi connectivity index (χ4v) is 5.49. The highest BCUT2D eigenvalue weighted by Gasteiger charge is 2.31. The second kappa shape index (κ2) is 13.9. The zero-order valence-corrected chi connectivity index (χ0v) is 24.4. The van der Waals surface area contributed by atoms with E-state index in [0.29, 0.717) is 49.3 Å². The molecule has 45 heavy (non-hydrogen) atoms. The number of nitrogens with zero attached hydrogens (tertiary/aromatic N) is 2. The first-order valence-corrected chi connectivity index (χ1v) is 14.7. The molecule has 10 nitrogen and oxygen atoms in total. The highest BCUT2D eigenvalue weighted by atomic mass is 19.4. The van der Waals surface area contributed by atoms with Gasteiger partial charge in [-0.2, -0.15) is 13.2 Å². The van der Waals surface area contributed by atoms with Crippen LogP contribution in [0, 0.1) is 5.41 Å². The number of amides is 2. The van der Waals surface area contributed by atoms with E-state index in [1.165, 1.54) is 12.1 Å². The number of hydrogen-bond donors (Lipinski definition) is 5. The van der Waals surface area contributed by atoms with Crippen molar-refractivity contribution in [2.45, 2.75) is 56.8 Å². The van der Waals surface area contributed by atoms with Crippen LogP contribution in [0.25, 0.3) is 6.08 Å². The molecule has 2 aromatic heterocycles. The van der Waals surface area contributed by atoms with E-state index in [-0.39, 0.29) is 40.9 Å². The second-order valence-electron chi connectivity index (χ2n) is 11.0. The lowest BCUT2D eigenvalue weighted by atomic mass is 9.89. The molecule has 2 aliphatic rings. The average molecular weight is 622 g/mol. The van der Waals surface area contributed by atoms with E-state index in [2.05, 4.69) is 25.9 Å². The quantitative estimate of drug-likeness (QED) is 0.244. The van der Waals surface area contributed by atoms with Crippen LogP contribution < -0.4 is 21.7 Å². The van der Waals surface area contributed by atoms with Gasteiger partial charge in [0.1, 0.15) is 11.6 Å². The molecule has 3 heterocycles. The molecule has 1 aliphatic carbocycles. The maximum absolute atomic E-state index is 13.1. The summed E-state index contributed by atoms with van der Waals surface area (Å²) in [7, 11) is 0. The number of carbonyl (C=O) groups is 2. The minimum Gasteiger partial charge on any atom is -0.383 e. The fraction of sp³-hybridized carbons (Fsp3) is 0.344. The summed E-state index contributed by atoms with van der Waals surface area (Å²) in [5.74, 6) is -0.732. The van der Waals surface area contributed by atoms with Crippen LogP contribution in [0.1, 0.15) is 71.1 Å². The molecule has 1 fully saturated rings. The highest BCUT2D eigenvalue weighted by Crippen LogP contribution is 2.33. The number of fused-ring (bicyclic) bond motifs is 3. The molecule has 5 rings (SSSR count). The Bertz CT molecular complexity index is 1590. The van der Waals surface area contributed by atoms with Gasteiger partial charge in [0.2, 0.25) is 5.91 Å². The lowest BCUT2D eigenvalue weighted by Gasteiger charge is -2.32. The normalized spacial score (nSPS) is 19.2. The number of rotatable bonds is 4. The minimum atomic E-state index is -4.57. The van der Waals surface area contributed by atoms with Crippen LogP contribution in [-0.2, 0) is 15.7 Å². The van der Waals surface area contributed by atoms with Crippen LogP contribution >= 0.6 is 0 Å². The summed E-state index contributed by atoms with van der Waals surface area (Å²) in [4.78, 5) is 33.4. The summed E-state index contributed by atoms with van der Waals surface area (Å²) in [6.07, 6.45) is 6.19. The van der Waals surface area contributed by atoms with E-state index in [1.807, 2.05) is 12.2 Å².